The Morgan fingerprint density at radius 1 is 1.30 bits per heavy atom. The monoisotopic (exact) mass is 311 g/mol. The molecule has 1 aromatic carbocycles. The Bertz CT molecular complexity index is 904. The first-order valence-electron chi connectivity index (χ1n) is 7.48. The number of nitrogens with zero attached hydrogens (tertiary/aromatic N) is 2. The quantitative estimate of drug-likeness (QED) is 0.806. The molecule has 0 fully saturated rings. The third-order valence-electron chi connectivity index (χ3n) is 4.08. The molecule has 3 rings (SSSR count). The SMILES string of the molecule is CC(NCc1cc2ccccc2n(C)c1=O)c1ccncc1F. The summed E-state index contributed by atoms with van der Waals surface area (Å²) in [6.07, 6.45) is 2.76. The minimum absolute atomic E-state index is 0.0430. The lowest BCUT2D eigenvalue weighted by Crippen LogP contribution is -2.27. The van der Waals surface area contributed by atoms with Gasteiger partial charge >= 0.3 is 0 Å². The van der Waals surface area contributed by atoms with Crippen molar-refractivity contribution in [2.24, 2.45) is 7.05 Å². The summed E-state index contributed by atoms with van der Waals surface area (Å²) in [4.78, 5) is 16.2. The molecule has 0 bridgehead atoms. The van der Waals surface area contributed by atoms with Crippen LogP contribution in [0.25, 0.3) is 10.9 Å². The maximum absolute atomic E-state index is 13.7. The summed E-state index contributed by atoms with van der Waals surface area (Å²) in [6, 6.07) is 11.1. The summed E-state index contributed by atoms with van der Waals surface area (Å²) in [6.45, 7) is 2.24. The first-order chi connectivity index (χ1) is 11.1. The third-order valence-corrected chi connectivity index (χ3v) is 4.08. The predicted octanol–water partition coefficient (Wildman–Crippen LogP) is 2.92. The van der Waals surface area contributed by atoms with Crippen molar-refractivity contribution in [1.82, 2.24) is 14.9 Å². The van der Waals surface area contributed by atoms with Gasteiger partial charge in [0.1, 0.15) is 5.82 Å². The molecule has 3 aromatic rings. The molecule has 118 valence electrons. The lowest BCUT2D eigenvalue weighted by molar-refractivity contribution is 0.523. The highest BCUT2D eigenvalue weighted by atomic mass is 19.1. The molecule has 1 atom stereocenters. The first kappa shape index (κ1) is 15.4. The molecular formula is C18H18FN3O. The number of nitrogens with one attached hydrogen (secondary N) is 1. The highest BCUT2D eigenvalue weighted by Crippen LogP contribution is 2.16. The van der Waals surface area contributed by atoms with E-state index in [1.807, 2.05) is 37.3 Å². The highest BCUT2D eigenvalue weighted by Gasteiger charge is 2.12. The molecule has 2 aromatic heterocycles. The Balaban J connectivity index is 1.86. The zero-order valence-electron chi connectivity index (χ0n) is 13.1. The predicted molar refractivity (Wildman–Crippen MR) is 88.6 cm³/mol. The summed E-state index contributed by atoms with van der Waals surface area (Å²) >= 11 is 0. The molecule has 0 aliphatic rings. The topological polar surface area (TPSA) is 46.9 Å². The molecule has 0 saturated heterocycles. The van der Waals surface area contributed by atoms with Gasteiger partial charge in [0, 0.05) is 37.0 Å². The van der Waals surface area contributed by atoms with Crippen molar-refractivity contribution in [2.75, 3.05) is 0 Å². The van der Waals surface area contributed by atoms with Gasteiger partial charge in [-0.3, -0.25) is 9.78 Å². The van der Waals surface area contributed by atoms with E-state index in [2.05, 4.69) is 10.3 Å². The molecule has 5 heteroatoms. The normalized spacial score (nSPS) is 12.5. The molecule has 0 aliphatic heterocycles. The van der Waals surface area contributed by atoms with E-state index < -0.39 is 0 Å². The number of fused-ring (bicyclic) bond motifs is 1. The Labute approximate surface area is 133 Å². The van der Waals surface area contributed by atoms with Crippen LogP contribution in [-0.4, -0.2) is 9.55 Å². The zero-order chi connectivity index (χ0) is 16.4. The third kappa shape index (κ3) is 3.00. The van der Waals surface area contributed by atoms with E-state index in [-0.39, 0.29) is 17.4 Å². The van der Waals surface area contributed by atoms with Crippen molar-refractivity contribution in [3.8, 4) is 0 Å². The fraction of sp³-hybridized carbons (Fsp3) is 0.222. The number of aromatic nitrogens is 2. The van der Waals surface area contributed by atoms with Crippen LogP contribution in [0, 0.1) is 5.82 Å². The summed E-state index contributed by atoms with van der Waals surface area (Å²) < 4.78 is 15.4. The summed E-state index contributed by atoms with van der Waals surface area (Å²) in [7, 11) is 1.76. The second-order valence-corrected chi connectivity index (χ2v) is 5.59. The number of pyridine rings is 2. The summed E-state index contributed by atoms with van der Waals surface area (Å²) in [5.41, 5.74) is 2.05. The number of hydrogen-bond acceptors (Lipinski definition) is 3. The van der Waals surface area contributed by atoms with Crippen molar-refractivity contribution in [1.29, 1.82) is 0 Å². The fourth-order valence-corrected chi connectivity index (χ4v) is 2.73. The van der Waals surface area contributed by atoms with Crippen LogP contribution >= 0.6 is 0 Å². The lowest BCUT2D eigenvalue weighted by atomic mass is 10.1. The van der Waals surface area contributed by atoms with Crippen LogP contribution in [0.5, 0.6) is 0 Å². The largest absolute Gasteiger partial charge is 0.311 e. The fourth-order valence-electron chi connectivity index (χ4n) is 2.73. The molecule has 0 amide bonds. The van der Waals surface area contributed by atoms with E-state index >= 15 is 0 Å². The van der Waals surface area contributed by atoms with Gasteiger partial charge in [-0.05, 0) is 30.5 Å². The molecule has 4 nitrogen and oxygen atoms in total. The van der Waals surface area contributed by atoms with Crippen molar-refractivity contribution in [3.05, 3.63) is 76.1 Å². The molecule has 0 radical (unpaired) electrons. The maximum Gasteiger partial charge on any atom is 0.255 e. The second kappa shape index (κ2) is 6.30. The molecular weight excluding hydrogens is 293 g/mol. The van der Waals surface area contributed by atoms with Gasteiger partial charge in [-0.15, -0.1) is 0 Å². The molecule has 2 heterocycles. The van der Waals surface area contributed by atoms with Crippen LogP contribution in [0.3, 0.4) is 0 Å². The van der Waals surface area contributed by atoms with E-state index in [4.69, 9.17) is 0 Å². The Hall–Kier alpha value is -2.53. The van der Waals surface area contributed by atoms with Crippen LogP contribution < -0.4 is 10.9 Å². The van der Waals surface area contributed by atoms with E-state index in [1.165, 1.54) is 6.20 Å². The number of para-hydroxylation sites is 1. The van der Waals surface area contributed by atoms with Crippen LogP contribution in [0.4, 0.5) is 4.39 Å². The zero-order valence-corrected chi connectivity index (χ0v) is 13.1. The van der Waals surface area contributed by atoms with E-state index in [0.717, 1.165) is 10.9 Å². The van der Waals surface area contributed by atoms with Crippen LogP contribution in [-0.2, 0) is 13.6 Å². The number of halogens is 1. The van der Waals surface area contributed by atoms with Gasteiger partial charge in [0.2, 0.25) is 0 Å². The van der Waals surface area contributed by atoms with Crippen molar-refractivity contribution in [3.63, 3.8) is 0 Å². The second-order valence-electron chi connectivity index (χ2n) is 5.59. The van der Waals surface area contributed by atoms with E-state index in [9.17, 15) is 9.18 Å². The summed E-state index contributed by atoms with van der Waals surface area (Å²) in [5.74, 6) is -0.348. The van der Waals surface area contributed by atoms with Gasteiger partial charge in [0.25, 0.3) is 5.56 Å². The van der Waals surface area contributed by atoms with Crippen LogP contribution in [0.1, 0.15) is 24.1 Å². The number of rotatable bonds is 4. The van der Waals surface area contributed by atoms with E-state index in [0.29, 0.717) is 17.7 Å². The number of hydrogen-bond donors (Lipinski definition) is 1. The molecule has 23 heavy (non-hydrogen) atoms. The van der Waals surface area contributed by atoms with Gasteiger partial charge in [0.15, 0.2) is 0 Å². The molecule has 1 N–H and O–H groups in total. The molecule has 0 spiro atoms. The highest BCUT2D eigenvalue weighted by molar-refractivity contribution is 5.79. The Kier molecular flexibility index (Phi) is 4.21. The smallest absolute Gasteiger partial charge is 0.255 e. The number of benzene rings is 1. The van der Waals surface area contributed by atoms with Gasteiger partial charge in [-0.2, -0.15) is 0 Å². The van der Waals surface area contributed by atoms with Gasteiger partial charge in [0.05, 0.1) is 11.7 Å². The first-order valence-corrected chi connectivity index (χ1v) is 7.48. The molecule has 0 aliphatic carbocycles. The minimum Gasteiger partial charge on any atom is -0.311 e. The Morgan fingerprint density at radius 2 is 2.09 bits per heavy atom. The van der Waals surface area contributed by atoms with Gasteiger partial charge in [-0.1, -0.05) is 18.2 Å². The van der Waals surface area contributed by atoms with E-state index in [1.54, 1.807) is 23.9 Å². The number of aryl methyl sites for hydroxylation is 1. The van der Waals surface area contributed by atoms with Crippen molar-refractivity contribution in [2.45, 2.75) is 19.5 Å². The standard InChI is InChI=1S/C18H18FN3O/c1-12(15-7-8-20-11-16(15)19)21-10-14-9-13-5-3-4-6-17(13)22(2)18(14)23/h3-9,11-12,21H,10H2,1-2H3. The average Bonchev–Trinajstić information content (AvgIpc) is 2.57. The van der Waals surface area contributed by atoms with Gasteiger partial charge in [-0.25, -0.2) is 4.39 Å². The van der Waals surface area contributed by atoms with Crippen LogP contribution in [0.2, 0.25) is 0 Å². The van der Waals surface area contributed by atoms with Gasteiger partial charge < -0.3 is 9.88 Å². The molecule has 0 saturated carbocycles. The average molecular weight is 311 g/mol. The van der Waals surface area contributed by atoms with Crippen molar-refractivity contribution < 1.29 is 4.39 Å². The summed E-state index contributed by atoms with van der Waals surface area (Å²) in [5, 5.41) is 4.22. The minimum atomic E-state index is -0.348. The Morgan fingerprint density at radius 3 is 2.87 bits per heavy atom. The van der Waals surface area contributed by atoms with Crippen molar-refractivity contribution >= 4 is 10.9 Å². The lowest BCUT2D eigenvalue weighted by Gasteiger charge is -2.15. The maximum atomic E-state index is 13.7. The molecule has 1 unspecified atom stereocenters. The van der Waals surface area contributed by atoms with Crippen LogP contribution in [0.15, 0.2) is 53.6 Å².